The van der Waals surface area contributed by atoms with E-state index in [-0.39, 0.29) is 38.4 Å². The number of anilines is 3. The van der Waals surface area contributed by atoms with Crippen molar-refractivity contribution in [3.63, 3.8) is 0 Å². The Balaban J connectivity index is 1.45. The second kappa shape index (κ2) is 17.2. The highest BCUT2D eigenvalue weighted by atomic mass is 35.5. The number of aromatic nitrogens is 4. The van der Waals surface area contributed by atoms with Crippen LogP contribution in [-0.4, -0.2) is 123 Å². The number of pyridine rings is 2. The Hall–Kier alpha value is -5.28. The Kier molecular flexibility index (Phi) is 12.4. The number of amides is 2. The third-order valence-corrected chi connectivity index (χ3v) is 10.8. The van der Waals surface area contributed by atoms with Crippen LogP contribution in [0, 0.1) is 0 Å². The Morgan fingerprint density at radius 1 is 0.857 bits per heavy atom. The number of primary amides is 1. The van der Waals surface area contributed by atoms with Crippen LogP contribution >= 0.6 is 23.2 Å². The fourth-order valence-electron chi connectivity index (χ4n) is 6.69. The normalized spacial score (nSPS) is 13.5. The lowest BCUT2D eigenvalue weighted by atomic mass is 9.99. The van der Waals surface area contributed by atoms with E-state index >= 15 is 0 Å². The van der Waals surface area contributed by atoms with Crippen LogP contribution in [-0.2, 0) is 0 Å². The molecule has 56 heavy (non-hydrogen) atoms. The monoisotopic (exact) mass is 800 g/mol. The first-order chi connectivity index (χ1) is 26.8. The van der Waals surface area contributed by atoms with Gasteiger partial charge in [-0.1, -0.05) is 29.3 Å². The molecule has 6 rings (SSSR count). The molecule has 294 valence electrons. The molecule has 1 saturated heterocycles. The maximum Gasteiger partial charge on any atom is 0.268 e. The van der Waals surface area contributed by atoms with Crippen LogP contribution in [0.1, 0.15) is 33.7 Å². The number of hydrogen-bond donors (Lipinski definition) is 2. The summed E-state index contributed by atoms with van der Waals surface area (Å²) in [7, 11) is 13.0. The highest BCUT2D eigenvalue weighted by Crippen LogP contribution is 2.47. The van der Waals surface area contributed by atoms with Gasteiger partial charge < -0.3 is 40.1 Å². The number of hydrogen-bond acceptors (Lipinski definition) is 12. The average Bonchev–Trinajstić information content (AvgIpc) is 3.19. The number of likely N-dealkylation sites (N-methyl/N-ethyl adjacent to an activating group) is 2. The number of fused-ring (bicyclic) bond motifs is 1. The van der Waals surface area contributed by atoms with Gasteiger partial charge in [0.15, 0.2) is 0 Å². The number of nitrogens with one attached hydrogen (secondary N) is 1. The van der Waals surface area contributed by atoms with Crippen molar-refractivity contribution in [3.05, 3.63) is 76.2 Å². The van der Waals surface area contributed by atoms with E-state index < -0.39 is 11.8 Å². The molecule has 1 aliphatic rings. The van der Waals surface area contributed by atoms with E-state index in [2.05, 4.69) is 32.0 Å². The largest absolute Gasteiger partial charge is 0.495 e. The first kappa shape index (κ1) is 40.4. The van der Waals surface area contributed by atoms with Gasteiger partial charge in [0.05, 0.1) is 59.1 Å². The Morgan fingerprint density at radius 2 is 1.52 bits per heavy atom. The Labute approximate surface area is 336 Å². The number of carbonyl (C=O) groups is 2. The van der Waals surface area contributed by atoms with Crippen molar-refractivity contribution in [2.24, 2.45) is 5.73 Å². The van der Waals surface area contributed by atoms with Crippen LogP contribution in [0.5, 0.6) is 11.5 Å². The highest BCUT2D eigenvalue weighted by molar-refractivity contribution is 6.41. The number of nitrogens with zero attached hydrogens (tertiary/aromatic N) is 8. The summed E-state index contributed by atoms with van der Waals surface area (Å²) in [5.74, 6) is 0.855. The van der Waals surface area contributed by atoms with Crippen molar-refractivity contribution in [1.82, 2.24) is 29.7 Å². The number of ether oxygens (including phenoxy) is 2. The van der Waals surface area contributed by atoms with Crippen molar-refractivity contribution >= 4 is 63.4 Å². The predicted molar refractivity (Wildman–Crippen MR) is 223 cm³/mol. The molecule has 16 heteroatoms. The van der Waals surface area contributed by atoms with Gasteiger partial charge in [0, 0.05) is 56.0 Å². The van der Waals surface area contributed by atoms with E-state index in [0.717, 1.165) is 44.8 Å². The summed E-state index contributed by atoms with van der Waals surface area (Å²) in [6, 6.07) is 12.4. The minimum Gasteiger partial charge on any atom is -0.495 e. The van der Waals surface area contributed by atoms with Crippen molar-refractivity contribution in [1.29, 1.82) is 0 Å². The third kappa shape index (κ3) is 8.43. The molecule has 5 aromatic rings. The van der Waals surface area contributed by atoms with E-state index in [1.54, 1.807) is 36.5 Å². The lowest BCUT2D eigenvalue weighted by Crippen LogP contribution is -2.42. The lowest BCUT2D eigenvalue weighted by Gasteiger charge is -2.35. The number of methoxy groups -OCH3 is 2. The minimum atomic E-state index is -0.721. The molecule has 14 nitrogen and oxygen atoms in total. The second-order valence-electron chi connectivity index (χ2n) is 14.1. The number of halogens is 2. The van der Waals surface area contributed by atoms with Gasteiger partial charge in [0.25, 0.3) is 11.8 Å². The molecule has 0 aliphatic carbocycles. The van der Waals surface area contributed by atoms with Crippen LogP contribution in [0.4, 0.5) is 17.3 Å². The maximum absolute atomic E-state index is 14.0. The van der Waals surface area contributed by atoms with Gasteiger partial charge in [-0.15, -0.1) is 0 Å². The molecule has 1 fully saturated rings. The molecule has 0 bridgehead atoms. The van der Waals surface area contributed by atoms with E-state index in [1.807, 2.05) is 45.2 Å². The molecule has 2 amide bonds. The second-order valence-corrected chi connectivity index (χ2v) is 14.8. The predicted octanol–water partition coefficient (Wildman–Crippen LogP) is 5.96. The van der Waals surface area contributed by atoms with E-state index in [1.165, 1.54) is 20.4 Å². The summed E-state index contributed by atoms with van der Waals surface area (Å²) in [4.78, 5) is 54.5. The summed E-state index contributed by atoms with van der Waals surface area (Å²) < 4.78 is 11.1. The van der Waals surface area contributed by atoms with E-state index in [9.17, 15) is 9.59 Å². The zero-order valence-electron chi connectivity index (χ0n) is 32.6. The van der Waals surface area contributed by atoms with Crippen molar-refractivity contribution in [2.45, 2.75) is 18.9 Å². The number of piperidine rings is 1. The fourth-order valence-corrected chi connectivity index (χ4v) is 7.40. The summed E-state index contributed by atoms with van der Waals surface area (Å²) >= 11 is 13.8. The molecular weight excluding hydrogens is 755 g/mol. The number of nitrogens with two attached hydrogens (primary N) is 1. The molecule has 3 aromatic heterocycles. The molecule has 0 saturated carbocycles. The zero-order chi connectivity index (χ0) is 40.3. The standard InChI is InChI=1S/C40H46Cl2N10O4/c1-49(2)18-19-51(4)31-12-8-23(21-44-31)46-40(54)27-10-9-26(33-34(41)29(55-6)20-30(56-7)35(33)42)37-36(27)45-22-28(47-37)25-11-13-32(48-38(25)39(43)53)52(5)24-14-16-50(3)17-15-24/h8-13,20-22,24H,14-19H2,1-7H3,(H2,43,53)(H,46,54). The molecule has 0 unspecified atom stereocenters. The van der Waals surface area contributed by atoms with Crippen LogP contribution in [0.3, 0.4) is 0 Å². The van der Waals surface area contributed by atoms with Crippen LogP contribution in [0.2, 0.25) is 10.0 Å². The number of carbonyl (C=O) groups excluding carboxylic acids is 2. The molecular formula is C40H46Cl2N10O4. The van der Waals surface area contributed by atoms with Gasteiger partial charge in [-0.2, -0.15) is 0 Å². The van der Waals surface area contributed by atoms with E-state index in [4.69, 9.17) is 53.4 Å². The number of rotatable bonds is 13. The quantitative estimate of drug-likeness (QED) is 0.145. The maximum atomic E-state index is 14.0. The summed E-state index contributed by atoms with van der Waals surface area (Å²) in [6.07, 6.45) is 5.02. The Bertz CT molecular complexity index is 2220. The molecule has 3 N–H and O–H groups in total. The molecule has 0 radical (unpaired) electrons. The minimum absolute atomic E-state index is 0.0359. The first-order valence-electron chi connectivity index (χ1n) is 18.1. The summed E-state index contributed by atoms with van der Waals surface area (Å²) in [5.41, 5.74) is 8.68. The van der Waals surface area contributed by atoms with Crippen LogP contribution < -0.4 is 30.3 Å². The topological polar surface area (TPSA) is 155 Å². The van der Waals surface area contributed by atoms with Gasteiger partial charge in [0.1, 0.15) is 34.3 Å². The highest BCUT2D eigenvalue weighted by Gasteiger charge is 2.26. The van der Waals surface area contributed by atoms with Gasteiger partial charge in [-0.3, -0.25) is 14.6 Å². The van der Waals surface area contributed by atoms with Crippen LogP contribution in [0.15, 0.2) is 54.9 Å². The zero-order valence-corrected chi connectivity index (χ0v) is 34.1. The lowest BCUT2D eigenvalue weighted by molar-refractivity contribution is 0.0994. The number of likely N-dealkylation sites (tertiary alicyclic amines) is 1. The average molecular weight is 802 g/mol. The molecule has 2 aromatic carbocycles. The first-order valence-corrected chi connectivity index (χ1v) is 18.8. The molecule has 4 heterocycles. The smallest absolute Gasteiger partial charge is 0.268 e. The van der Waals surface area contributed by atoms with Gasteiger partial charge in [0.2, 0.25) is 0 Å². The molecule has 1 aliphatic heterocycles. The van der Waals surface area contributed by atoms with Crippen molar-refractivity contribution in [2.75, 3.05) is 90.8 Å². The van der Waals surface area contributed by atoms with E-state index in [0.29, 0.717) is 45.4 Å². The summed E-state index contributed by atoms with van der Waals surface area (Å²) in [6.45, 7) is 3.59. The molecule has 0 spiro atoms. The van der Waals surface area contributed by atoms with Crippen molar-refractivity contribution in [3.8, 4) is 33.9 Å². The van der Waals surface area contributed by atoms with Gasteiger partial charge >= 0.3 is 0 Å². The SMILES string of the molecule is COc1cc(OC)c(Cl)c(-c2ccc(C(=O)Nc3ccc(N(C)CCN(C)C)nc3)c3ncc(-c4ccc(N(C)C5CCN(C)CC5)nc4C(N)=O)nc23)c1Cl. The van der Waals surface area contributed by atoms with Gasteiger partial charge in [-0.05, 0) is 77.4 Å². The Morgan fingerprint density at radius 3 is 2.12 bits per heavy atom. The van der Waals surface area contributed by atoms with Gasteiger partial charge in [-0.25, -0.2) is 15.0 Å². The summed E-state index contributed by atoms with van der Waals surface area (Å²) in [5, 5.41) is 3.34. The fraction of sp³-hybridized carbons (Fsp3) is 0.350. The third-order valence-electron chi connectivity index (χ3n) is 10.1. The van der Waals surface area contributed by atoms with Crippen LogP contribution in [0.25, 0.3) is 33.4 Å². The number of benzene rings is 2. The van der Waals surface area contributed by atoms with Crippen molar-refractivity contribution < 1.29 is 19.1 Å². The molecule has 0 atom stereocenters.